The molecule has 0 aliphatic rings. The minimum atomic E-state index is -0.0820. The van der Waals surface area contributed by atoms with E-state index in [-0.39, 0.29) is 6.61 Å². The smallest absolute Gasteiger partial charge is 0.140 e. The van der Waals surface area contributed by atoms with Crippen LogP contribution in [0.4, 0.5) is 0 Å². The molecule has 1 heterocycles. The zero-order chi connectivity index (χ0) is 12.1. The molecule has 0 radical (unpaired) electrons. The van der Waals surface area contributed by atoms with Crippen LogP contribution in [0.2, 0.25) is 0 Å². The van der Waals surface area contributed by atoms with E-state index in [0.29, 0.717) is 11.4 Å². The summed E-state index contributed by atoms with van der Waals surface area (Å²) < 4.78 is 5.77. The topological polar surface area (TPSA) is 42.4 Å². The number of rotatable bonds is 4. The summed E-state index contributed by atoms with van der Waals surface area (Å²) in [5, 5.41) is 9.01. The van der Waals surface area contributed by atoms with Gasteiger partial charge in [0, 0.05) is 17.2 Å². The largest absolute Gasteiger partial charge is 0.456 e. The Balaban J connectivity index is 2.24. The van der Waals surface area contributed by atoms with Gasteiger partial charge in [-0.2, -0.15) is 0 Å². The number of aliphatic hydroxyl groups is 1. The quantitative estimate of drug-likeness (QED) is 0.843. The molecule has 0 spiro atoms. The second-order valence-corrected chi connectivity index (χ2v) is 4.24. The lowest BCUT2D eigenvalue weighted by atomic mass is 10.3. The van der Waals surface area contributed by atoms with E-state index >= 15 is 0 Å². The van der Waals surface area contributed by atoms with Crippen molar-refractivity contribution in [2.24, 2.45) is 0 Å². The molecule has 0 fully saturated rings. The molecule has 88 valence electrons. The fraction of sp³-hybridized carbons (Fsp3) is 0.154. The van der Waals surface area contributed by atoms with E-state index in [2.05, 4.69) is 4.98 Å². The third-order valence-electron chi connectivity index (χ3n) is 2.25. The summed E-state index contributed by atoms with van der Waals surface area (Å²) >= 11 is 1.63. The van der Waals surface area contributed by atoms with Gasteiger partial charge in [0.15, 0.2) is 0 Å². The molecule has 0 aliphatic carbocycles. The monoisotopic (exact) mass is 247 g/mol. The number of aliphatic hydroxyl groups excluding tert-OH is 1. The summed E-state index contributed by atoms with van der Waals surface area (Å²) in [7, 11) is 0. The lowest BCUT2D eigenvalue weighted by molar-refractivity contribution is 0.276. The molecule has 2 rings (SSSR count). The van der Waals surface area contributed by atoms with Gasteiger partial charge < -0.3 is 9.84 Å². The summed E-state index contributed by atoms with van der Waals surface area (Å²) in [5.41, 5.74) is 0.601. The van der Waals surface area contributed by atoms with Crippen LogP contribution in [-0.4, -0.2) is 16.3 Å². The van der Waals surface area contributed by atoms with Crippen molar-refractivity contribution in [3.05, 3.63) is 48.3 Å². The number of pyridine rings is 1. The van der Waals surface area contributed by atoms with Crippen LogP contribution in [0, 0.1) is 0 Å². The first kappa shape index (κ1) is 12.0. The van der Waals surface area contributed by atoms with Crippen molar-refractivity contribution >= 4 is 11.8 Å². The third-order valence-corrected chi connectivity index (χ3v) is 3.02. The number of para-hydroxylation sites is 1. The Kier molecular flexibility index (Phi) is 4.01. The maximum Gasteiger partial charge on any atom is 0.140 e. The summed E-state index contributed by atoms with van der Waals surface area (Å²) in [6.45, 7) is -0.0820. The lowest BCUT2D eigenvalue weighted by Gasteiger charge is -2.09. The van der Waals surface area contributed by atoms with E-state index in [4.69, 9.17) is 9.84 Å². The zero-order valence-corrected chi connectivity index (χ0v) is 10.3. The fourth-order valence-corrected chi connectivity index (χ4v) is 1.96. The number of aromatic nitrogens is 1. The van der Waals surface area contributed by atoms with Gasteiger partial charge in [0.05, 0.1) is 12.3 Å². The van der Waals surface area contributed by atoms with Gasteiger partial charge in [0.2, 0.25) is 0 Å². The highest BCUT2D eigenvalue weighted by Crippen LogP contribution is 2.31. The maximum atomic E-state index is 9.01. The molecular formula is C13H13NO2S. The van der Waals surface area contributed by atoms with Gasteiger partial charge >= 0.3 is 0 Å². The van der Waals surface area contributed by atoms with E-state index < -0.39 is 0 Å². The Labute approximate surface area is 104 Å². The number of thioether (sulfide) groups is 1. The van der Waals surface area contributed by atoms with E-state index in [9.17, 15) is 0 Å². The SMILES string of the molecule is CSc1ccccc1Oc1ccnc(CO)c1. The highest BCUT2D eigenvalue weighted by atomic mass is 32.2. The van der Waals surface area contributed by atoms with Crippen LogP contribution in [0.25, 0.3) is 0 Å². The Morgan fingerprint density at radius 1 is 1.29 bits per heavy atom. The molecule has 0 aliphatic heterocycles. The van der Waals surface area contributed by atoms with Gasteiger partial charge in [-0.1, -0.05) is 12.1 Å². The average Bonchev–Trinajstić information content (AvgIpc) is 2.39. The van der Waals surface area contributed by atoms with Gasteiger partial charge in [-0.3, -0.25) is 4.98 Å². The van der Waals surface area contributed by atoms with Crippen LogP contribution >= 0.6 is 11.8 Å². The Morgan fingerprint density at radius 2 is 2.12 bits per heavy atom. The fourth-order valence-electron chi connectivity index (χ4n) is 1.44. The lowest BCUT2D eigenvalue weighted by Crippen LogP contribution is -1.91. The first-order valence-electron chi connectivity index (χ1n) is 5.20. The second-order valence-electron chi connectivity index (χ2n) is 3.39. The number of nitrogens with zero attached hydrogens (tertiary/aromatic N) is 1. The van der Waals surface area contributed by atoms with Crippen LogP contribution < -0.4 is 4.74 Å². The zero-order valence-electron chi connectivity index (χ0n) is 9.46. The van der Waals surface area contributed by atoms with Crippen molar-refractivity contribution in [1.82, 2.24) is 4.98 Å². The second kappa shape index (κ2) is 5.70. The first-order chi connectivity index (χ1) is 8.33. The molecule has 2 aromatic rings. The molecule has 17 heavy (non-hydrogen) atoms. The molecule has 0 unspecified atom stereocenters. The Morgan fingerprint density at radius 3 is 2.88 bits per heavy atom. The Bertz CT molecular complexity index is 502. The minimum Gasteiger partial charge on any atom is -0.456 e. The molecule has 0 atom stereocenters. The van der Waals surface area contributed by atoms with Crippen molar-refractivity contribution in [3.63, 3.8) is 0 Å². The average molecular weight is 247 g/mol. The molecule has 1 N–H and O–H groups in total. The molecule has 0 amide bonds. The van der Waals surface area contributed by atoms with E-state index in [1.165, 1.54) is 0 Å². The van der Waals surface area contributed by atoms with Crippen LogP contribution in [0.5, 0.6) is 11.5 Å². The molecule has 4 heteroatoms. The molecular weight excluding hydrogens is 234 g/mol. The normalized spacial score (nSPS) is 10.2. The standard InChI is InChI=1S/C13H13NO2S/c1-17-13-5-3-2-4-12(13)16-11-6-7-14-10(8-11)9-15/h2-8,15H,9H2,1H3. The number of hydrogen-bond donors (Lipinski definition) is 1. The number of hydrogen-bond acceptors (Lipinski definition) is 4. The predicted molar refractivity (Wildman–Crippen MR) is 68.5 cm³/mol. The minimum absolute atomic E-state index is 0.0820. The molecule has 3 nitrogen and oxygen atoms in total. The van der Waals surface area contributed by atoms with Crippen LogP contribution in [-0.2, 0) is 6.61 Å². The Hall–Kier alpha value is -1.52. The summed E-state index contributed by atoms with van der Waals surface area (Å²) in [4.78, 5) is 5.09. The first-order valence-corrected chi connectivity index (χ1v) is 6.42. The van der Waals surface area contributed by atoms with Gasteiger partial charge in [0.1, 0.15) is 11.5 Å². The molecule has 1 aromatic heterocycles. The van der Waals surface area contributed by atoms with Gasteiger partial charge in [-0.05, 0) is 24.5 Å². The predicted octanol–water partition coefficient (Wildman–Crippen LogP) is 3.09. The van der Waals surface area contributed by atoms with Gasteiger partial charge in [-0.25, -0.2) is 0 Å². The summed E-state index contributed by atoms with van der Waals surface area (Å²) in [5.74, 6) is 1.50. The maximum absolute atomic E-state index is 9.01. The molecule has 1 aromatic carbocycles. The van der Waals surface area contributed by atoms with Gasteiger partial charge in [-0.15, -0.1) is 11.8 Å². The molecule has 0 saturated carbocycles. The molecule has 0 saturated heterocycles. The van der Waals surface area contributed by atoms with E-state index in [0.717, 1.165) is 10.6 Å². The van der Waals surface area contributed by atoms with E-state index in [1.807, 2.05) is 30.5 Å². The van der Waals surface area contributed by atoms with Crippen molar-refractivity contribution < 1.29 is 9.84 Å². The van der Waals surface area contributed by atoms with Crippen molar-refractivity contribution in [3.8, 4) is 11.5 Å². The van der Waals surface area contributed by atoms with E-state index in [1.54, 1.807) is 30.1 Å². The molecule has 0 bridgehead atoms. The summed E-state index contributed by atoms with van der Waals surface area (Å²) in [6.07, 6.45) is 3.64. The highest BCUT2D eigenvalue weighted by molar-refractivity contribution is 7.98. The third kappa shape index (κ3) is 2.99. The number of ether oxygens (including phenoxy) is 1. The van der Waals surface area contributed by atoms with Crippen LogP contribution in [0.15, 0.2) is 47.5 Å². The van der Waals surface area contributed by atoms with Crippen LogP contribution in [0.3, 0.4) is 0 Å². The van der Waals surface area contributed by atoms with Crippen molar-refractivity contribution in [1.29, 1.82) is 0 Å². The van der Waals surface area contributed by atoms with Gasteiger partial charge in [0.25, 0.3) is 0 Å². The van der Waals surface area contributed by atoms with Crippen LogP contribution in [0.1, 0.15) is 5.69 Å². The number of benzene rings is 1. The summed E-state index contributed by atoms with van der Waals surface area (Å²) in [6, 6.07) is 11.3. The van der Waals surface area contributed by atoms with Crippen molar-refractivity contribution in [2.75, 3.05) is 6.26 Å². The highest BCUT2D eigenvalue weighted by Gasteiger charge is 2.03. The van der Waals surface area contributed by atoms with Crippen molar-refractivity contribution in [2.45, 2.75) is 11.5 Å².